The second kappa shape index (κ2) is 5.48. The van der Waals surface area contributed by atoms with Gasteiger partial charge >= 0.3 is 0 Å². The number of carbonyl (C=O) groups excluding carboxylic acids is 1. The quantitative estimate of drug-likeness (QED) is 0.797. The smallest absolute Gasteiger partial charge is 0.203 e. The first-order chi connectivity index (χ1) is 10.4. The average molecular weight is 377 g/mol. The molecule has 0 unspecified atom stereocenters. The fourth-order valence-corrected chi connectivity index (χ4v) is 4.34. The van der Waals surface area contributed by atoms with Crippen molar-refractivity contribution in [2.24, 2.45) is 0 Å². The zero-order chi connectivity index (χ0) is 15.9. The summed E-state index contributed by atoms with van der Waals surface area (Å²) in [5.74, 6) is -0.203. The lowest BCUT2D eigenvalue weighted by atomic mass is 9.96. The van der Waals surface area contributed by atoms with Crippen LogP contribution in [0.1, 0.15) is 22.8 Å². The molecule has 0 N–H and O–H groups in total. The van der Waals surface area contributed by atoms with Gasteiger partial charge in [0.15, 0.2) is 5.78 Å². The van der Waals surface area contributed by atoms with Gasteiger partial charge in [-0.25, -0.2) is 8.42 Å². The summed E-state index contributed by atoms with van der Waals surface area (Å²) in [4.78, 5) is 12.9. The van der Waals surface area contributed by atoms with Gasteiger partial charge in [-0.15, -0.1) is 0 Å². The second-order valence-corrected chi connectivity index (χ2v) is 8.14. The molecule has 0 aliphatic carbocycles. The number of rotatable bonds is 2. The SMILES string of the molecule is CC1=C(Cc2ccc(Br)cc2)C(=O)c2ccccc2S1(=O)=O. The van der Waals surface area contributed by atoms with Gasteiger partial charge in [0.2, 0.25) is 9.84 Å². The molecule has 0 spiro atoms. The highest BCUT2D eigenvalue weighted by Gasteiger charge is 2.34. The van der Waals surface area contributed by atoms with Crippen LogP contribution in [0.5, 0.6) is 0 Å². The highest BCUT2D eigenvalue weighted by atomic mass is 79.9. The zero-order valence-electron chi connectivity index (χ0n) is 11.8. The average Bonchev–Trinajstić information content (AvgIpc) is 2.52. The topological polar surface area (TPSA) is 51.2 Å². The number of allylic oxidation sites excluding steroid dienone is 2. The molecule has 1 aliphatic rings. The van der Waals surface area contributed by atoms with E-state index in [4.69, 9.17) is 0 Å². The molecule has 0 fully saturated rings. The second-order valence-electron chi connectivity index (χ2n) is 5.17. The summed E-state index contributed by atoms with van der Waals surface area (Å²) in [5, 5.41) is 0. The van der Waals surface area contributed by atoms with E-state index < -0.39 is 9.84 Å². The molecular weight excluding hydrogens is 364 g/mol. The molecule has 1 aliphatic heterocycles. The van der Waals surface area contributed by atoms with Crippen molar-refractivity contribution in [2.75, 3.05) is 0 Å². The lowest BCUT2D eigenvalue weighted by Crippen LogP contribution is -2.22. The summed E-state index contributed by atoms with van der Waals surface area (Å²) >= 11 is 3.36. The Morgan fingerprint density at radius 3 is 2.32 bits per heavy atom. The highest BCUT2D eigenvalue weighted by molar-refractivity contribution is 9.10. The van der Waals surface area contributed by atoms with Gasteiger partial charge in [-0.1, -0.05) is 40.2 Å². The van der Waals surface area contributed by atoms with E-state index in [9.17, 15) is 13.2 Å². The Hall–Kier alpha value is -1.72. The molecule has 1 heterocycles. The van der Waals surface area contributed by atoms with Gasteiger partial charge in [0.05, 0.1) is 9.80 Å². The lowest BCUT2D eigenvalue weighted by Gasteiger charge is -2.20. The van der Waals surface area contributed by atoms with E-state index in [0.29, 0.717) is 12.0 Å². The summed E-state index contributed by atoms with van der Waals surface area (Å²) in [6.07, 6.45) is 0.311. The minimum Gasteiger partial charge on any atom is -0.289 e. The molecule has 0 saturated carbocycles. The molecule has 0 bridgehead atoms. The largest absolute Gasteiger partial charge is 0.289 e. The van der Waals surface area contributed by atoms with Crippen LogP contribution in [0, 0.1) is 0 Å². The van der Waals surface area contributed by atoms with Crippen LogP contribution in [0.2, 0.25) is 0 Å². The summed E-state index contributed by atoms with van der Waals surface area (Å²) in [6, 6.07) is 13.9. The summed E-state index contributed by atoms with van der Waals surface area (Å²) < 4.78 is 26.1. The Kier molecular flexibility index (Phi) is 3.78. The van der Waals surface area contributed by atoms with Crippen LogP contribution >= 0.6 is 15.9 Å². The van der Waals surface area contributed by atoms with E-state index in [1.54, 1.807) is 18.2 Å². The number of ketones is 1. The summed E-state index contributed by atoms with van der Waals surface area (Å²) in [7, 11) is -3.58. The van der Waals surface area contributed by atoms with Crippen molar-refractivity contribution in [3.05, 3.63) is 74.6 Å². The summed E-state index contributed by atoms with van der Waals surface area (Å²) in [5.41, 5.74) is 1.52. The molecule has 0 atom stereocenters. The van der Waals surface area contributed by atoms with Gasteiger partial charge < -0.3 is 0 Å². The third-order valence-corrected chi connectivity index (χ3v) is 6.33. The fraction of sp³-hybridized carbons (Fsp3) is 0.118. The highest BCUT2D eigenvalue weighted by Crippen LogP contribution is 2.34. The maximum Gasteiger partial charge on any atom is 0.203 e. The number of carbonyl (C=O) groups is 1. The van der Waals surface area contributed by atoms with Crippen molar-refractivity contribution in [2.45, 2.75) is 18.2 Å². The van der Waals surface area contributed by atoms with Crippen molar-refractivity contribution >= 4 is 31.6 Å². The van der Waals surface area contributed by atoms with E-state index in [2.05, 4.69) is 15.9 Å². The molecule has 2 aromatic rings. The first-order valence-electron chi connectivity index (χ1n) is 6.74. The third-order valence-electron chi connectivity index (χ3n) is 3.82. The van der Waals surface area contributed by atoms with Gasteiger partial charge in [0.25, 0.3) is 0 Å². The third kappa shape index (κ3) is 2.44. The molecule has 0 radical (unpaired) electrons. The maximum absolute atomic E-state index is 12.7. The van der Waals surface area contributed by atoms with Gasteiger partial charge in [-0.3, -0.25) is 4.79 Å². The molecule has 0 aromatic heterocycles. The Morgan fingerprint density at radius 2 is 1.64 bits per heavy atom. The molecule has 0 saturated heterocycles. The number of hydrogen-bond acceptors (Lipinski definition) is 3. The molecular formula is C17H13BrO3S. The number of Topliss-reactive ketones (excluding diaryl/α,β-unsaturated/α-hetero) is 1. The Morgan fingerprint density at radius 1 is 1.00 bits per heavy atom. The predicted molar refractivity (Wildman–Crippen MR) is 88.5 cm³/mol. The van der Waals surface area contributed by atoms with Crippen molar-refractivity contribution in [3.8, 4) is 0 Å². The van der Waals surface area contributed by atoms with E-state index >= 15 is 0 Å². The molecule has 3 rings (SSSR count). The summed E-state index contributed by atoms with van der Waals surface area (Å²) in [6.45, 7) is 1.51. The van der Waals surface area contributed by atoms with E-state index in [0.717, 1.165) is 10.0 Å². The van der Waals surface area contributed by atoms with Crippen LogP contribution in [-0.4, -0.2) is 14.2 Å². The van der Waals surface area contributed by atoms with E-state index in [1.807, 2.05) is 24.3 Å². The standard InChI is InChI=1S/C17H13BrO3S/c1-11-15(10-12-6-8-13(18)9-7-12)17(19)14-4-2-3-5-16(14)22(11,20)21/h2-9H,10H2,1H3. The fourth-order valence-electron chi connectivity index (χ4n) is 2.55. The minimum atomic E-state index is -3.58. The van der Waals surface area contributed by atoms with Crippen LogP contribution in [0.4, 0.5) is 0 Å². The maximum atomic E-state index is 12.7. The Bertz CT molecular complexity index is 894. The van der Waals surface area contributed by atoms with Crippen molar-refractivity contribution in [1.29, 1.82) is 0 Å². The Balaban J connectivity index is 2.12. The van der Waals surface area contributed by atoms with Crippen LogP contribution in [-0.2, 0) is 16.3 Å². The number of hydrogen-bond donors (Lipinski definition) is 0. The minimum absolute atomic E-state index is 0.108. The lowest BCUT2D eigenvalue weighted by molar-refractivity contribution is 0.102. The van der Waals surface area contributed by atoms with Crippen molar-refractivity contribution in [3.63, 3.8) is 0 Å². The molecule has 22 heavy (non-hydrogen) atoms. The van der Waals surface area contributed by atoms with Crippen molar-refractivity contribution in [1.82, 2.24) is 0 Å². The monoisotopic (exact) mass is 376 g/mol. The molecule has 5 heteroatoms. The van der Waals surface area contributed by atoms with Gasteiger partial charge in [0, 0.05) is 22.0 Å². The van der Waals surface area contributed by atoms with E-state index in [-0.39, 0.29) is 21.1 Å². The number of halogens is 1. The molecule has 0 amide bonds. The number of benzene rings is 2. The first-order valence-corrected chi connectivity index (χ1v) is 9.02. The van der Waals surface area contributed by atoms with Gasteiger partial charge in [0.1, 0.15) is 0 Å². The molecule has 112 valence electrons. The number of fused-ring (bicyclic) bond motifs is 1. The number of sulfone groups is 1. The molecule has 2 aromatic carbocycles. The Labute approximate surface area is 137 Å². The van der Waals surface area contributed by atoms with E-state index in [1.165, 1.54) is 13.0 Å². The molecule has 3 nitrogen and oxygen atoms in total. The van der Waals surface area contributed by atoms with Crippen molar-refractivity contribution < 1.29 is 13.2 Å². The van der Waals surface area contributed by atoms with Gasteiger partial charge in [-0.2, -0.15) is 0 Å². The van der Waals surface area contributed by atoms with Crippen LogP contribution in [0.25, 0.3) is 0 Å². The van der Waals surface area contributed by atoms with Crippen LogP contribution < -0.4 is 0 Å². The first kappa shape index (κ1) is 15.2. The van der Waals surface area contributed by atoms with Crippen LogP contribution in [0.3, 0.4) is 0 Å². The zero-order valence-corrected chi connectivity index (χ0v) is 14.2. The van der Waals surface area contributed by atoms with Gasteiger partial charge in [-0.05, 0) is 36.8 Å². The predicted octanol–water partition coefficient (Wildman–Crippen LogP) is 3.94. The van der Waals surface area contributed by atoms with Crippen LogP contribution in [0.15, 0.2) is 68.4 Å². The normalized spacial score (nSPS) is 16.5.